The highest BCUT2D eigenvalue weighted by atomic mass is 16.5. The number of carbonyl (C=O) groups excluding carboxylic acids is 1. The van der Waals surface area contributed by atoms with Gasteiger partial charge in [-0.15, -0.1) is 0 Å². The highest BCUT2D eigenvalue weighted by Crippen LogP contribution is 2.37. The second kappa shape index (κ2) is 7.64. The summed E-state index contributed by atoms with van der Waals surface area (Å²) in [5.74, 6) is 1.50. The molecular formula is C24H28N4O2. The Morgan fingerprint density at radius 1 is 1.17 bits per heavy atom. The van der Waals surface area contributed by atoms with Crippen LogP contribution in [0, 0.1) is 38.2 Å². The number of nitrogens with zero attached hydrogens (tertiary/aromatic N) is 3. The van der Waals surface area contributed by atoms with E-state index in [1.807, 2.05) is 38.1 Å². The number of ether oxygens (including phenoxy) is 1. The highest BCUT2D eigenvalue weighted by Gasteiger charge is 2.36. The molecule has 2 unspecified atom stereocenters. The van der Waals surface area contributed by atoms with Crippen LogP contribution in [0.4, 0.5) is 5.69 Å². The van der Waals surface area contributed by atoms with E-state index in [0.717, 1.165) is 18.4 Å². The first-order chi connectivity index (χ1) is 14.3. The molecule has 3 aromatic rings. The Morgan fingerprint density at radius 3 is 2.40 bits per heavy atom. The molecule has 4 rings (SSSR count). The van der Waals surface area contributed by atoms with Crippen molar-refractivity contribution in [2.75, 3.05) is 0 Å². The first-order valence-electron chi connectivity index (χ1n) is 10.6. The van der Waals surface area contributed by atoms with Crippen LogP contribution in [0.2, 0.25) is 0 Å². The molecular weight excluding hydrogens is 376 g/mol. The van der Waals surface area contributed by atoms with Crippen molar-refractivity contribution in [2.24, 2.45) is 17.8 Å². The van der Waals surface area contributed by atoms with Crippen LogP contribution in [0.25, 0.3) is 21.9 Å². The first-order valence-corrected chi connectivity index (χ1v) is 10.6. The van der Waals surface area contributed by atoms with E-state index in [-0.39, 0.29) is 11.8 Å². The summed E-state index contributed by atoms with van der Waals surface area (Å²) in [6.07, 6.45) is 1.98. The zero-order chi connectivity index (χ0) is 21.6. The summed E-state index contributed by atoms with van der Waals surface area (Å²) >= 11 is 0. The number of aromatic nitrogens is 3. The van der Waals surface area contributed by atoms with E-state index in [2.05, 4.69) is 35.7 Å². The molecule has 156 valence electrons. The fourth-order valence-electron chi connectivity index (χ4n) is 4.94. The summed E-state index contributed by atoms with van der Waals surface area (Å²) in [5, 5.41) is 3.23. The van der Waals surface area contributed by atoms with Crippen molar-refractivity contribution < 1.29 is 9.53 Å². The van der Waals surface area contributed by atoms with Crippen LogP contribution in [0.3, 0.4) is 0 Å². The fourth-order valence-corrected chi connectivity index (χ4v) is 4.94. The number of nitrogens with one attached hydrogen (secondary N) is 1. The van der Waals surface area contributed by atoms with Crippen LogP contribution < -0.4 is 0 Å². The lowest BCUT2D eigenvalue weighted by atomic mass is 9.75. The van der Waals surface area contributed by atoms with E-state index in [4.69, 9.17) is 11.3 Å². The van der Waals surface area contributed by atoms with Gasteiger partial charge >= 0.3 is 5.97 Å². The van der Waals surface area contributed by atoms with Crippen molar-refractivity contribution in [1.82, 2.24) is 14.6 Å². The standard InChI is InChI=1S/C24H28N4O2/c1-13-7-9-18(10-8-13)22-26-23-20(25-6)19(17(5)28(23)27-22)24(29)30-21-15(3)11-14(2)12-16(21)4/h7-10,14-16,21H,11-12H2,1-5H3,(H,26,27). The van der Waals surface area contributed by atoms with Crippen molar-refractivity contribution in [1.29, 1.82) is 0 Å². The molecule has 2 atom stereocenters. The molecule has 1 aromatic carbocycles. The third-order valence-corrected chi connectivity index (χ3v) is 6.35. The van der Waals surface area contributed by atoms with Crippen molar-refractivity contribution in [2.45, 2.75) is 53.6 Å². The van der Waals surface area contributed by atoms with Gasteiger partial charge in [0.05, 0.1) is 12.1 Å². The van der Waals surface area contributed by atoms with Crippen molar-refractivity contribution in [3.8, 4) is 11.4 Å². The van der Waals surface area contributed by atoms with E-state index in [0.29, 0.717) is 40.5 Å². The SMILES string of the molecule is [C-]#[N+]c1c(C(=O)OC2C(C)CC(C)CC2C)c(C)n2[nH]c(-c3ccc(C)cc3)nc12. The molecule has 0 spiro atoms. The number of aryl methyl sites for hydroxylation is 2. The molecule has 1 N–H and O–H groups in total. The summed E-state index contributed by atoms with van der Waals surface area (Å²) in [6, 6.07) is 8.02. The molecule has 30 heavy (non-hydrogen) atoms. The smallest absolute Gasteiger partial charge is 0.329 e. The molecule has 0 bridgehead atoms. The molecule has 1 aliphatic carbocycles. The molecule has 0 saturated heterocycles. The normalized spacial score (nSPS) is 24.0. The van der Waals surface area contributed by atoms with Crippen LogP contribution in [0.1, 0.15) is 55.2 Å². The summed E-state index contributed by atoms with van der Waals surface area (Å²) in [5.41, 5.74) is 3.77. The number of hydrogen-bond donors (Lipinski definition) is 1. The molecule has 1 aliphatic rings. The Morgan fingerprint density at radius 2 is 1.80 bits per heavy atom. The van der Waals surface area contributed by atoms with Crippen LogP contribution in [0.15, 0.2) is 24.3 Å². The molecule has 1 fully saturated rings. The Hall–Kier alpha value is -3.07. The molecule has 2 heterocycles. The number of hydrogen-bond acceptors (Lipinski definition) is 3. The molecule has 1 saturated carbocycles. The lowest BCUT2D eigenvalue weighted by Crippen LogP contribution is -2.37. The largest absolute Gasteiger partial charge is 0.459 e. The summed E-state index contributed by atoms with van der Waals surface area (Å²) in [6.45, 7) is 18.1. The minimum absolute atomic E-state index is 0.124. The van der Waals surface area contributed by atoms with Gasteiger partial charge in [-0.2, -0.15) is 0 Å². The highest BCUT2D eigenvalue weighted by molar-refractivity contribution is 6.02. The van der Waals surface area contributed by atoms with Crippen LogP contribution >= 0.6 is 0 Å². The second-order valence-electron chi connectivity index (χ2n) is 8.92. The monoisotopic (exact) mass is 404 g/mol. The fraction of sp³-hybridized carbons (Fsp3) is 0.458. The molecule has 2 aromatic heterocycles. The zero-order valence-electron chi connectivity index (χ0n) is 18.2. The molecule has 6 heteroatoms. The Balaban J connectivity index is 1.68. The zero-order valence-corrected chi connectivity index (χ0v) is 18.2. The minimum atomic E-state index is -0.424. The van der Waals surface area contributed by atoms with E-state index < -0.39 is 5.97 Å². The van der Waals surface area contributed by atoms with E-state index >= 15 is 0 Å². The van der Waals surface area contributed by atoms with Gasteiger partial charge in [0, 0.05) is 11.3 Å². The molecule has 0 aliphatic heterocycles. The molecule has 0 amide bonds. The van der Waals surface area contributed by atoms with Crippen molar-refractivity contribution in [3.63, 3.8) is 0 Å². The maximum Gasteiger partial charge on any atom is 0.329 e. The van der Waals surface area contributed by atoms with E-state index in [9.17, 15) is 4.79 Å². The number of aromatic amines is 1. The number of carbonyl (C=O) groups is 1. The first kappa shape index (κ1) is 20.2. The molecule has 6 nitrogen and oxygen atoms in total. The van der Waals surface area contributed by atoms with Gasteiger partial charge < -0.3 is 4.74 Å². The number of esters is 1. The number of benzene rings is 1. The van der Waals surface area contributed by atoms with Crippen LogP contribution in [-0.2, 0) is 4.74 Å². The summed E-state index contributed by atoms with van der Waals surface area (Å²) < 4.78 is 7.68. The quantitative estimate of drug-likeness (QED) is 0.448. The van der Waals surface area contributed by atoms with Crippen LogP contribution in [0.5, 0.6) is 0 Å². The Kier molecular flexibility index (Phi) is 5.15. The Bertz CT molecular complexity index is 1120. The van der Waals surface area contributed by atoms with Crippen LogP contribution in [-0.4, -0.2) is 26.7 Å². The predicted octanol–water partition coefficient (Wildman–Crippen LogP) is 5.72. The molecule has 0 radical (unpaired) electrons. The maximum absolute atomic E-state index is 13.1. The lowest BCUT2D eigenvalue weighted by molar-refractivity contribution is -0.0251. The van der Waals surface area contributed by atoms with Gasteiger partial charge in [0.1, 0.15) is 6.10 Å². The van der Waals surface area contributed by atoms with Gasteiger partial charge in [0.2, 0.25) is 5.69 Å². The number of H-pyrrole nitrogens is 1. The van der Waals surface area contributed by atoms with Gasteiger partial charge in [-0.25, -0.2) is 14.6 Å². The van der Waals surface area contributed by atoms with Crippen molar-refractivity contribution in [3.05, 3.63) is 52.5 Å². The van der Waals surface area contributed by atoms with Gasteiger partial charge in [0.15, 0.2) is 11.5 Å². The average Bonchev–Trinajstić information content (AvgIpc) is 3.23. The topological polar surface area (TPSA) is 63.8 Å². The van der Waals surface area contributed by atoms with Crippen molar-refractivity contribution >= 4 is 17.3 Å². The van der Waals surface area contributed by atoms with Gasteiger partial charge in [-0.05, 0) is 44.4 Å². The van der Waals surface area contributed by atoms with E-state index in [1.165, 1.54) is 5.56 Å². The minimum Gasteiger partial charge on any atom is -0.459 e. The maximum atomic E-state index is 13.1. The van der Waals surface area contributed by atoms with Gasteiger partial charge in [0.25, 0.3) is 0 Å². The summed E-state index contributed by atoms with van der Waals surface area (Å²) in [7, 11) is 0. The van der Waals surface area contributed by atoms with E-state index in [1.54, 1.807) is 4.52 Å². The predicted molar refractivity (Wildman–Crippen MR) is 117 cm³/mol. The third kappa shape index (κ3) is 3.39. The summed E-state index contributed by atoms with van der Waals surface area (Å²) in [4.78, 5) is 21.4. The number of rotatable bonds is 3. The second-order valence-corrected chi connectivity index (χ2v) is 8.92. The van der Waals surface area contributed by atoms with Gasteiger partial charge in [-0.3, -0.25) is 9.61 Å². The number of fused-ring (bicyclic) bond motifs is 1. The Labute approximate surface area is 177 Å². The average molecular weight is 405 g/mol. The van der Waals surface area contributed by atoms with Gasteiger partial charge in [-0.1, -0.05) is 50.6 Å². The third-order valence-electron chi connectivity index (χ3n) is 6.35. The lowest BCUT2D eigenvalue weighted by Gasteiger charge is -2.37.